The summed E-state index contributed by atoms with van der Waals surface area (Å²) < 4.78 is 0. The van der Waals surface area contributed by atoms with Crippen molar-refractivity contribution in [3.8, 4) is 0 Å². The summed E-state index contributed by atoms with van der Waals surface area (Å²) in [7, 11) is 0. The smallest absolute Gasteiger partial charge is 0.252 e. The Balaban J connectivity index is 2.14. The fraction of sp³-hybridized carbons (Fsp3) is 0.583. The summed E-state index contributed by atoms with van der Waals surface area (Å²) in [6.07, 6.45) is 4.43. The molecule has 0 unspecified atom stereocenters. The summed E-state index contributed by atoms with van der Waals surface area (Å²) in [4.78, 5) is 14.7. The van der Waals surface area contributed by atoms with E-state index in [1.807, 2.05) is 0 Å². The van der Waals surface area contributed by atoms with Crippen LogP contribution < -0.4 is 10.9 Å². The van der Waals surface area contributed by atoms with E-state index < -0.39 is 0 Å². The van der Waals surface area contributed by atoms with Crippen LogP contribution in [0.15, 0.2) is 10.9 Å². The van der Waals surface area contributed by atoms with E-state index in [1.165, 1.54) is 12.0 Å². The molecule has 1 aromatic heterocycles. The van der Waals surface area contributed by atoms with Crippen LogP contribution in [0, 0.1) is 0 Å². The number of aryl methyl sites for hydroxylation is 2. The summed E-state index contributed by atoms with van der Waals surface area (Å²) in [6, 6.07) is 2.07. The molecule has 1 heterocycles. The first-order valence-electron chi connectivity index (χ1n) is 5.76. The lowest BCUT2D eigenvalue weighted by atomic mass is 10.1. The van der Waals surface area contributed by atoms with Crippen molar-refractivity contribution >= 4 is 0 Å². The average molecular weight is 206 g/mol. The Hall–Kier alpha value is -1.09. The van der Waals surface area contributed by atoms with Crippen LogP contribution in [0.3, 0.4) is 0 Å². The number of H-pyrrole nitrogens is 1. The molecule has 0 bridgehead atoms. The second-order valence-electron chi connectivity index (χ2n) is 4.16. The molecule has 0 atom stereocenters. The molecule has 0 saturated heterocycles. The molecule has 0 amide bonds. The second kappa shape index (κ2) is 4.62. The maximum atomic E-state index is 11.7. The van der Waals surface area contributed by atoms with Crippen LogP contribution in [-0.4, -0.2) is 11.5 Å². The zero-order chi connectivity index (χ0) is 10.7. The molecular weight excluding hydrogens is 188 g/mol. The van der Waals surface area contributed by atoms with Crippen molar-refractivity contribution in [3.05, 3.63) is 33.2 Å². The highest BCUT2D eigenvalue weighted by Gasteiger charge is 2.13. The number of hydrogen-bond acceptors (Lipinski definition) is 2. The van der Waals surface area contributed by atoms with Gasteiger partial charge in [-0.15, -0.1) is 0 Å². The van der Waals surface area contributed by atoms with E-state index in [4.69, 9.17) is 0 Å². The minimum absolute atomic E-state index is 0.0826. The Kier molecular flexibility index (Phi) is 3.21. The normalized spacial score (nSPS) is 14.2. The SMILES string of the molecule is CCCNCc1cc2c([nH]c1=O)CCC2. The van der Waals surface area contributed by atoms with Crippen LogP contribution in [0.5, 0.6) is 0 Å². The van der Waals surface area contributed by atoms with Gasteiger partial charge in [0.2, 0.25) is 0 Å². The standard InChI is InChI=1S/C12H18N2O/c1-2-6-13-8-10-7-9-4-3-5-11(9)14-12(10)15/h7,13H,2-6,8H2,1H3,(H,14,15). The maximum absolute atomic E-state index is 11.7. The molecule has 2 rings (SSSR count). The molecule has 0 radical (unpaired) electrons. The molecule has 0 aromatic carbocycles. The number of fused-ring (bicyclic) bond motifs is 1. The fourth-order valence-electron chi connectivity index (χ4n) is 2.09. The topological polar surface area (TPSA) is 44.9 Å². The van der Waals surface area contributed by atoms with Crippen LogP contribution >= 0.6 is 0 Å². The van der Waals surface area contributed by atoms with E-state index in [1.54, 1.807) is 0 Å². The van der Waals surface area contributed by atoms with Crippen molar-refractivity contribution in [2.24, 2.45) is 0 Å². The molecule has 1 aliphatic carbocycles. The van der Waals surface area contributed by atoms with Gasteiger partial charge in [0.1, 0.15) is 0 Å². The minimum atomic E-state index is 0.0826. The third-order valence-corrected chi connectivity index (χ3v) is 2.91. The number of aromatic nitrogens is 1. The van der Waals surface area contributed by atoms with Gasteiger partial charge < -0.3 is 10.3 Å². The Morgan fingerprint density at radius 1 is 1.47 bits per heavy atom. The van der Waals surface area contributed by atoms with Gasteiger partial charge in [0, 0.05) is 17.8 Å². The van der Waals surface area contributed by atoms with E-state index in [9.17, 15) is 4.79 Å². The first-order valence-corrected chi connectivity index (χ1v) is 5.76. The summed E-state index contributed by atoms with van der Waals surface area (Å²) in [6.45, 7) is 3.78. The third-order valence-electron chi connectivity index (χ3n) is 2.91. The molecule has 0 fully saturated rings. The van der Waals surface area contributed by atoms with Crippen molar-refractivity contribution in [2.75, 3.05) is 6.54 Å². The molecule has 82 valence electrons. The number of aromatic amines is 1. The van der Waals surface area contributed by atoms with Gasteiger partial charge in [0.15, 0.2) is 0 Å². The Morgan fingerprint density at radius 3 is 3.13 bits per heavy atom. The molecule has 2 N–H and O–H groups in total. The largest absolute Gasteiger partial charge is 0.326 e. The Morgan fingerprint density at radius 2 is 2.33 bits per heavy atom. The van der Waals surface area contributed by atoms with E-state index in [0.717, 1.165) is 37.1 Å². The van der Waals surface area contributed by atoms with E-state index >= 15 is 0 Å². The lowest BCUT2D eigenvalue weighted by Crippen LogP contribution is -2.22. The van der Waals surface area contributed by atoms with Gasteiger partial charge in [0.05, 0.1) is 0 Å². The van der Waals surface area contributed by atoms with E-state index in [0.29, 0.717) is 6.54 Å². The number of pyridine rings is 1. The van der Waals surface area contributed by atoms with Crippen molar-refractivity contribution in [1.82, 2.24) is 10.3 Å². The lowest BCUT2D eigenvalue weighted by molar-refractivity contribution is 0.670. The molecule has 1 aliphatic rings. The second-order valence-corrected chi connectivity index (χ2v) is 4.16. The predicted molar refractivity (Wildman–Crippen MR) is 61.1 cm³/mol. The molecule has 3 heteroatoms. The summed E-state index contributed by atoms with van der Waals surface area (Å²) in [5.41, 5.74) is 3.45. The fourth-order valence-corrected chi connectivity index (χ4v) is 2.09. The first kappa shape index (κ1) is 10.4. The van der Waals surface area contributed by atoms with Crippen molar-refractivity contribution in [3.63, 3.8) is 0 Å². The monoisotopic (exact) mass is 206 g/mol. The number of rotatable bonds is 4. The summed E-state index contributed by atoms with van der Waals surface area (Å²) in [5, 5.41) is 3.26. The third kappa shape index (κ3) is 2.29. The Bertz CT molecular complexity index is 395. The van der Waals surface area contributed by atoms with Gasteiger partial charge in [0.25, 0.3) is 5.56 Å². The number of nitrogens with one attached hydrogen (secondary N) is 2. The van der Waals surface area contributed by atoms with Crippen LogP contribution in [0.2, 0.25) is 0 Å². The minimum Gasteiger partial charge on any atom is -0.326 e. The van der Waals surface area contributed by atoms with Crippen molar-refractivity contribution in [1.29, 1.82) is 0 Å². The zero-order valence-corrected chi connectivity index (χ0v) is 9.23. The van der Waals surface area contributed by atoms with E-state index in [2.05, 4.69) is 23.3 Å². The van der Waals surface area contributed by atoms with Crippen LogP contribution in [-0.2, 0) is 19.4 Å². The quantitative estimate of drug-likeness (QED) is 0.731. The maximum Gasteiger partial charge on any atom is 0.252 e. The predicted octanol–water partition coefficient (Wildman–Crippen LogP) is 1.36. The average Bonchev–Trinajstić information content (AvgIpc) is 2.65. The van der Waals surface area contributed by atoms with Crippen LogP contribution in [0.1, 0.15) is 36.6 Å². The highest BCUT2D eigenvalue weighted by molar-refractivity contribution is 5.28. The van der Waals surface area contributed by atoms with Gasteiger partial charge in [-0.05, 0) is 43.9 Å². The van der Waals surface area contributed by atoms with Gasteiger partial charge in [-0.3, -0.25) is 4.79 Å². The van der Waals surface area contributed by atoms with Gasteiger partial charge >= 0.3 is 0 Å². The molecule has 0 aliphatic heterocycles. The zero-order valence-electron chi connectivity index (χ0n) is 9.23. The number of hydrogen-bond donors (Lipinski definition) is 2. The van der Waals surface area contributed by atoms with E-state index in [-0.39, 0.29) is 5.56 Å². The Labute approximate surface area is 89.9 Å². The highest BCUT2D eigenvalue weighted by atomic mass is 16.1. The van der Waals surface area contributed by atoms with Gasteiger partial charge in [-0.2, -0.15) is 0 Å². The van der Waals surface area contributed by atoms with Crippen LogP contribution in [0.25, 0.3) is 0 Å². The highest BCUT2D eigenvalue weighted by Crippen LogP contribution is 2.18. The lowest BCUT2D eigenvalue weighted by Gasteiger charge is -2.05. The van der Waals surface area contributed by atoms with Crippen molar-refractivity contribution < 1.29 is 0 Å². The molecule has 0 spiro atoms. The molecule has 1 aromatic rings. The first-order chi connectivity index (χ1) is 7.31. The van der Waals surface area contributed by atoms with Crippen molar-refractivity contribution in [2.45, 2.75) is 39.2 Å². The van der Waals surface area contributed by atoms with Crippen LogP contribution in [0.4, 0.5) is 0 Å². The summed E-state index contributed by atoms with van der Waals surface area (Å²) >= 11 is 0. The molecular formula is C12H18N2O. The summed E-state index contributed by atoms with van der Waals surface area (Å²) in [5.74, 6) is 0. The molecule has 15 heavy (non-hydrogen) atoms. The van der Waals surface area contributed by atoms with Gasteiger partial charge in [-0.1, -0.05) is 6.92 Å². The molecule has 3 nitrogen and oxygen atoms in total. The molecule has 0 saturated carbocycles. The van der Waals surface area contributed by atoms with Gasteiger partial charge in [-0.25, -0.2) is 0 Å².